The van der Waals surface area contributed by atoms with Crippen molar-refractivity contribution in [1.29, 1.82) is 0 Å². The molecule has 0 aliphatic carbocycles. The van der Waals surface area contributed by atoms with Gasteiger partial charge in [0.05, 0.1) is 6.04 Å². The molecule has 0 bridgehead atoms. The largest absolute Gasteiger partial charge is 0.443 e. The van der Waals surface area contributed by atoms with Crippen LogP contribution in [-0.2, 0) is 0 Å². The first kappa shape index (κ1) is 16.0. The van der Waals surface area contributed by atoms with Crippen molar-refractivity contribution in [1.82, 2.24) is 15.3 Å². The molecule has 1 atom stereocenters. The highest BCUT2D eigenvalue weighted by atomic mass is 16.3. The lowest BCUT2D eigenvalue weighted by Crippen LogP contribution is -2.27. The van der Waals surface area contributed by atoms with E-state index >= 15 is 0 Å². The summed E-state index contributed by atoms with van der Waals surface area (Å²) in [4.78, 5) is 20.8. The van der Waals surface area contributed by atoms with Gasteiger partial charge in [-0.15, -0.1) is 0 Å². The van der Waals surface area contributed by atoms with E-state index in [1.54, 1.807) is 12.4 Å². The number of carbonyl (C=O) groups is 1. The van der Waals surface area contributed by atoms with Crippen LogP contribution in [0.4, 0.5) is 0 Å². The van der Waals surface area contributed by atoms with Gasteiger partial charge in [-0.2, -0.15) is 0 Å². The van der Waals surface area contributed by atoms with Crippen molar-refractivity contribution in [3.8, 4) is 11.3 Å². The molecule has 0 aliphatic heterocycles. The Morgan fingerprint density at radius 1 is 1.04 bits per heavy atom. The Balaban J connectivity index is 1.62. The Morgan fingerprint density at radius 3 is 2.62 bits per heavy atom. The summed E-state index contributed by atoms with van der Waals surface area (Å²) in [6.45, 7) is 1.92. The van der Waals surface area contributed by atoms with E-state index in [1.807, 2.05) is 61.5 Å². The first-order chi connectivity index (χ1) is 12.7. The van der Waals surface area contributed by atoms with Crippen molar-refractivity contribution in [3.63, 3.8) is 0 Å². The number of oxazole rings is 1. The molecule has 5 nitrogen and oxygen atoms in total. The second kappa shape index (κ2) is 6.80. The van der Waals surface area contributed by atoms with Crippen molar-refractivity contribution >= 4 is 16.7 Å². The Kier molecular flexibility index (Phi) is 4.19. The molecule has 0 aliphatic rings. The molecule has 4 aromatic rings. The average molecular weight is 343 g/mol. The fraction of sp³-hybridized carbons (Fsp3) is 0.0952. The fourth-order valence-electron chi connectivity index (χ4n) is 2.94. The minimum atomic E-state index is -0.272. The van der Waals surface area contributed by atoms with Crippen LogP contribution < -0.4 is 5.32 Å². The maximum atomic E-state index is 12.7. The summed E-state index contributed by atoms with van der Waals surface area (Å²) < 4.78 is 5.53. The van der Waals surface area contributed by atoms with Crippen LogP contribution in [0.1, 0.15) is 29.0 Å². The Bertz CT molecular complexity index is 1060. The van der Waals surface area contributed by atoms with Crippen LogP contribution in [0.25, 0.3) is 22.1 Å². The van der Waals surface area contributed by atoms with Crippen LogP contribution in [0.5, 0.6) is 0 Å². The minimum absolute atomic E-state index is 0.161. The normalized spacial score (nSPS) is 12.0. The number of nitrogens with zero attached hydrogens (tertiary/aromatic N) is 2. The molecule has 0 saturated heterocycles. The van der Waals surface area contributed by atoms with Crippen LogP contribution >= 0.6 is 0 Å². The third kappa shape index (κ3) is 3.07. The van der Waals surface area contributed by atoms with Gasteiger partial charge in [0.2, 0.25) is 0 Å². The van der Waals surface area contributed by atoms with Crippen molar-refractivity contribution < 1.29 is 9.21 Å². The van der Waals surface area contributed by atoms with Gasteiger partial charge in [0.15, 0.2) is 17.8 Å². The van der Waals surface area contributed by atoms with Gasteiger partial charge in [-0.1, -0.05) is 36.4 Å². The Morgan fingerprint density at radius 2 is 1.81 bits per heavy atom. The van der Waals surface area contributed by atoms with E-state index in [9.17, 15) is 4.79 Å². The number of rotatable bonds is 4. The molecule has 2 aromatic heterocycles. The lowest BCUT2D eigenvalue weighted by atomic mass is 10.0. The zero-order valence-corrected chi connectivity index (χ0v) is 14.2. The predicted octanol–water partition coefficient (Wildman–Crippen LogP) is 4.38. The molecule has 0 fully saturated rings. The quantitative estimate of drug-likeness (QED) is 0.597. The van der Waals surface area contributed by atoms with Crippen molar-refractivity contribution in [2.75, 3.05) is 0 Å². The maximum absolute atomic E-state index is 12.7. The van der Waals surface area contributed by atoms with Crippen LogP contribution in [0.15, 0.2) is 77.8 Å². The fourth-order valence-corrected chi connectivity index (χ4v) is 2.94. The highest BCUT2D eigenvalue weighted by Crippen LogP contribution is 2.27. The topological polar surface area (TPSA) is 68.0 Å². The number of benzene rings is 2. The zero-order valence-electron chi connectivity index (χ0n) is 14.2. The van der Waals surface area contributed by atoms with Crippen LogP contribution in [0.2, 0.25) is 0 Å². The van der Waals surface area contributed by atoms with Gasteiger partial charge < -0.3 is 9.73 Å². The summed E-state index contributed by atoms with van der Waals surface area (Å²) >= 11 is 0. The highest BCUT2D eigenvalue weighted by Gasteiger charge is 2.20. The van der Waals surface area contributed by atoms with Gasteiger partial charge in [-0.25, -0.2) is 4.98 Å². The summed E-state index contributed by atoms with van der Waals surface area (Å²) in [5, 5.41) is 5.17. The Labute approximate surface area is 150 Å². The van der Waals surface area contributed by atoms with E-state index in [-0.39, 0.29) is 17.6 Å². The second-order valence-electron chi connectivity index (χ2n) is 6.07. The van der Waals surface area contributed by atoms with E-state index in [2.05, 4.69) is 15.3 Å². The van der Waals surface area contributed by atoms with E-state index in [0.717, 1.165) is 21.9 Å². The van der Waals surface area contributed by atoms with Crippen molar-refractivity contribution in [3.05, 3.63) is 84.6 Å². The summed E-state index contributed by atoms with van der Waals surface area (Å²) in [6, 6.07) is 17.6. The third-order valence-corrected chi connectivity index (χ3v) is 4.35. The van der Waals surface area contributed by atoms with Crippen LogP contribution in [0.3, 0.4) is 0 Å². The van der Waals surface area contributed by atoms with Gasteiger partial charge in [-0.3, -0.25) is 9.78 Å². The monoisotopic (exact) mass is 343 g/mol. The number of hydrogen-bond donors (Lipinski definition) is 1. The summed E-state index contributed by atoms with van der Waals surface area (Å²) in [7, 11) is 0. The molecule has 1 unspecified atom stereocenters. The predicted molar refractivity (Wildman–Crippen MR) is 99.6 cm³/mol. The van der Waals surface area contributed by atoms with Gasteiger partial charge in [-0.05, 0) is 41.5 Å². The molecule has 26 heavy (non-hydrogen) atoms. The second-order valence-corrected chi connectivity index (χ2v) is 6.07. The van der Waals surface area contributed by atoms with Gasteiger partial charge in [0, 0.05) is 18.0 Å². The lowest BCUT2D eigenvalue weighted by molar-refractivity contribution is 0.0935. The number of nitrogens with one attached hydrogen (secondary N) is 1. The highest BCUT2D eigenvalue weighted by molar-refractivity contribution is 5.99. The van der Waals surface area contributed by atoms with Gasteiger partial charge in [0.1, 0.15) is 0 Å². The van der Waals surface area contributed by atoms with Gasteiger partial charge >= 0.3 is 0 Å². The molecule has 4 rings (SSSR count). The standard InChI is InChI=1S/C21H17N3O2/c1-14(15-8-10-22-11-9-15)24-21(25)19-20(26-13-23-19)18-7-6-16-4-2-3-5-17(16)12-18/h2-14H,1H3,(H,24,25). The Hall–Kier alpha value is -3.47. The van der Waals surface area contributed by atoms with Crippen molar-refractivity contribution in [2.45, 2.75) is 13.0 Å². The first-order valence-electron chi connectivity index (χ1n) is 8.36. The molecule has 1 N–H and O–H groups in total. The molecular formula is C21H17N3O2. The molecule has 1 amide bonds. The molecule has 128 valence electrons. The summed E-state index contributed by atoms with van der Waals surface area (Å²) in [6.07, 6.45) is 4.71. The van der Waals surface area contributed by atoms with Crippen LogP contribution in [0, 0.1) is 0 Å². The van der Waals surface area contributed by atoms with Crippen LogP contribution in [-0.4, -0.2) is 15.9 Å². The number of pyridine rings is 1. The molecule has 2 heterocycles. The molecule has 5 heteroatoms. The van der Waals surface area contributed by atoms with Crippen molar-refractivity contribution in [2.24, 2.45) is 0 Å². The number of amides is 1. The minimum Gasteiger partial charge on any atom is -0.443 e. The number of fused-ring (bicyclic) bond motifs is 1. The SMILES string of the molecule is CC(NC(=O)c1ncoc1-c1ccc2ccccc2c1)c1ccncc1. The average Bonchev–Trinajstić information content (AvgIpc) is 3.18. The first-order valence-corrected chi connectivity index (χ1v) is 8.36. The number of aromatic nitrogens is 2. The number of hydrogen-bond acceptors (Lipinski definition) is 4. The van der Waals surface area contributed by atoms with E-state index in [0.29, 0.717) is 5.76 Å². The van der Waals surface area contributed by atoms with E-state index in [1.165, 1.54) is 6.39 Å². The third-order valence-electron chi connectivity index (χ3n) is 4.35. The van der Waals surface area contributed by atoms with E-state index in [4.69, 9.17) is 4.42 Å². The molecule has 0 spiro atoms. The number of carbonyl (C=O) groups excluding carboxylic acids is 1. The van der Waals surface area contributed by atoms with Gasteiger partial charge in [0.25, 0.3) is 5.91 Å². The maximum Gasteiger partial charge on any atom is 0.274 e. The molecule has 2 aromatic carbocycles. The molecular weight excluding hydrogens is 326 g/mol. The molecule has 0 saturated carbocycles. The lowest BCUT2D eigenvalue weighted by Gasteiger charge is -2.13. The smallest absolute Gasteiger partial charge is 0.274 e. The summed E-state index contributed by atoms with van der Waals surface area (Å²) in [5.74, 6) is 0.196. The molecule has 0 radical (unpaired) electrons. The zero-order chi connectivity index (χ0) is 17.9. The van der Waals surface area contributed by atoms with E-state index < -0.39 is 0 Å². The summed E-state index contributed by atoms with van der Waals surface area (Å²) in [5.41, 5.74) is 2.08.